The van der Waals surface area contributed by atoms with Gasteiger partial charge in [0, 0.05) is 38.8 Å². The maximum absolute atomic E-state index is 12.6. The maximum atomic E-state index is 12.6. The van der Waals surface area contributed by atoms with Gasteiger partial charge in [-0.05, 0) is 24.3 Å². The fraction of sp³-hybridized carbons (Fsp3) is 0.467. The summed E-state index contributed by atoms with van der Waals surface area (Å²) >= 11 is 0. The SMILES string of the molecule is C[N+](C)(CCCC[N+](C)(C)CCCN1C(=O)c2ccccc2C1=O)CCCN1C(=O)c2ccccc2C1=O.[Br-].[Br-]. The number of unbranched alkanes of at least 4 members (excludes halogenated alkanes) is 1. The average molecular weight is 680 g/mol. The Balaban J connectivity index is 0.00000280. The van der Waals surface area contributed by atoms with Gasteiger partial charge in [-0.1, -0.05) is 24.3 Å². The molecule has 2 heterocycles. The van der Waals surface area contributed by atoms with Crippen LogP contribution in [0.4, 0.5) is 0 Å². The molecule has 2 aliphatic heterocycles. The van der Waals surface area contributed by atoms with Crippen LogP contribution in [0.15, 0.2) is 48.5 Å². The van der Waals surface area contributed by atoms with Gasteiger partial charge >= 0.3 is 0 Å². The molecule has 0 radical (unpaired) electrons. The van der Waals surface area contributed by atoms with E-state index < -0.39 is 0 Å². The highest BCUT2D eigenvalue weighted by Gasteiger charge is 2.36. The Labute approximate surface area is 258 Å². The second kappa shape index (κ2) is 14.0. The molecule has 8 nitrogen and oxygen atoms in total. The summed E-state index contributed by atoms with van der Waals surface area (Å²) < 4.78 is 1.69. The molecule has 0 aromatic heterocycles. The maximum Gasteiger partial charge on any atom is 0.261 e. The summed E-state index contributed by atoms with van der Waals surface area (Å²) in [6, 6.07) is 14.1. The van der Waals surface area contributed by atoms with Crippen LogP contribution in [-0.4, -0.2) is 110 Å². The van der Waals surface area contributed by atoms with Crippen LogP contribution in [0.3, 0.4) is 0 Å². The van der Waals surface area contributed by atoms with Crippen LogP contribution in [0, 0.1) is 0 Å². The van der Waals surface area contributed by atoms with Gasteiger partial charge in [0.1, 0.15) is 0 Å². The summed E-state index contributed by atoms with van der Waals surface area (Å²) in [5.41, 5.74) is 2.04. The highest BCUT2D eigenvalue weighted by Crippen LogP contribution is 2.24. The van der Waals surface area contributed by atoms with Crippen LogP contribution in [-0.2, 0) is 0 Å². The lowest BCUT2D eigenvalue weighted by Gasteiger charge is -2.33. The van der Waals surface area contributed by atoms with Gasteiger partial charge in [0.15, 0.2) is 0 Å². The molecule has 2 aliphatic rings. The fourth-order valence-corrected chi connectivity index (χ4v) is 5.50. The standard InChI is InChI=1S/C30H40N4O4.2BrH/c1-33(2,21-11-17-31-27(35)23-13-5-6-14-24(23)28(31)36)19-9-10-20-34(3,4)22-12-18-32-29(37)25-15-7-8-16-26(25)30(32)38;;/h5-8,13-16H,9-12,17-22H2,1-4H3;2*1H/q+2;;/p-2. The predicted octanol–water partition coefficient (Wildman–Crippen LogP) is -2.70. The number of hydrogen-bond donors (Lipinski definition) is 0. The van der Waals surface area contributed by atoms with Crippen molar-refractivity contribution in [1.82, 2.24) is 9.80 Å². The van der Waals surface area contributed by atoms with Crippen LogP contribution in [0.2, 0.25) is 0 Å². The molecule has 0 saturated heterocycles. The first-order valence-electron chi connectivity index (χ1n) is 13.6. The Hall–Kier alpha value is -2.40. The molecule has 2 aromatic rings. The lowest BCUT2D eigenvalue weighted by atomic mass is 10.1. The van der Waals surface area contributed by atoms with Gasteiger partial charge < -0.3 is 42.9 Å². The third-order valence-corrected chi connectivity index (χ3v) is 7.82. The molecule has 40 heavy (non-hydrogen) atoms. The topological polar surface area (TPSA) is 74.8 Å². The molecule has 0 spiro atoms. The molecule has 0 fully saturated rings. The van der Waals surface area contributed by atoms with Gasteiger partial charge in [-0.25, -0.2) is 0 Å². The van der Waals surface area contributed by atoms with Gasteiger partial charge in [0.25, 0.3) is 23.6 Å². The molecule has 4 amide bonds. The molecule has 0 bridgehead atoms. The highest BCUT2D eigenvalue weighted by atomic mass is 79.9. The van der Waals surface area contributed by atoms with E-state index in [4.69, 9.17) is 0 Å². The summed E-state index contributed by atoms with van der Waals surface area (Å²) in [5.74, 6) is -0.726. The first kappa shape index (κ1) is 33.8. The van der Waals surface area contributed by atoms with Crippen LogP contribution in [0.1, 0.15) is 67.1 Å². The number of carbonyl (C=O) groups is 4. The van der Waals surface area contributed by atoms with E-state index in [0.29, 0.717) is 35.3 Å². The third-order valence-electron chi connectivity index (χ3n) is 7.82. The van der Waals surface area contributed by atoms with E-state index in [1.807, 2.05) is 0 Å². The quantitative estimate of drug-likeness (QED) is 0.131. The minimum atomic E-state index is -0.182. The van der Waals surface area contributed by atoms with E-state index in [1.165, 1.54) is 9.80 Å². The molecular formula is C30H40Br2N4O4. The minimum absolute atomic E-state index is 0. The summed E-state index contributed by atoms with van der Waals surface area (Å²) in [6.07, 6.45) is 3.72. The molecule has 0 atom stereocenters. The average Bonchev–Trinajstić information content (AvgIpc) is 3.27. The van der Waals surface area contributed by atoms with Crippen molar-refractivity contribution in [1.29, 1.82) is 0 Å². The number of imide groups is 2. The number of nitrogens with zero attached hydrogens (tertiary/aromatic N) is 4. The van der Waals surface area contributed by atoms with E-state index in [0.717, 1.165) is 60.8 Å². The molecular weight excluding hydrogens is 640 g/mol. The van der Waals surface area contributed by atoms with Gasteiger partial charge in [0.2, 0.25) is 0 Å². The summed E-state index contributed by atoms with van der Waals surface area (Å²) in [5, 5.41) is 0. The fourth-order valence-electron chi connectivity index (χ4n) is 5.50. The molecule has 218 valence electrons. The zero-order valence-electron chi connectivity index (χ0n) is 23.9. The molecule has 0 saturated carbocycles. The second-order valence-electron chi connectivity index (χ2n) is 11.8. The number of benzene rings is 2. The van der Waals surface area contributed by atoms with Crippen LogP contribution in [0.25, 0.3) is 0 Å². The number of carbonyl (C=O) groups excluding carboxylic acids is 4. The molecule has 2 aromatic carbocycles. The smallest absolute Gasteiger partial charge is 0.261 e. The van der Waals surface area contributed by atoms with Gasteiger partial charge in [-0.15, -0.1) is 0 Å². The van der Waals surface area contributed by atoms with E-state index in [9.17, 15) is 19.2 Å². The van der Waals surface area contributed by atoms with Crippen molar-refractivity contribution in [2.75, 3.05) is 67.5 Å². The first-order valence-corrected chi connectivity index (χ1v) is 13.6. The van der Waals surface area contributed by atoms with Crippen molar-refractivity contribution in [3.05, 3.63) is 70.8 Å². The Bertz CT molecular complexity index is 1080. The van der Waals surface area contributed by atoms with Crippen molar-refractivity contribution in [3.8, 4) is 0 Å². The van der Waals surface area contributed by atoms with Gasteiger partial charge in [-0.2, -0.15) is 0 Å². The zero-order chi connectivity index (χ0) is 27.5. The van der Waals surface area contributed by atoms with Crippen molar-refractivity contribution in [3.63, 3.8) is 0 Å². The number of halogens is 2. The van der Waals surface area contributed by atoms with Crippen molar-refractivity contribution >= 4 is 23.6 Å². The number of amides is 4. The monoisotopic (exact) mass is 678 g/mol. The first-order chi connectivity index (χ1) is 18.0. The summed E-state index contributed by atoms with van der Waals surface area (Å²) in [4.78, 5) is 53.0. The molecule has 0 aliphatic carbocycles. The van der Waals surface area contributed by atoms with E-state index in [2.05, 4.69) is 28.2 Å². The summed E-state index contributed by atoms with van der Waals surface area (Å²) in [6.45, 7) is 4.74. The Morgan fingerprint density at radius 1 is 0.475 bits per heavy atom. The second-order valence-corrected chi connectivity index (χ2v) is 11.8. The van der Waals surface area contributed by atoms with Crippen molar-refractivity contribution < 1.29 is 62.1 Å². The zero-order valence-corrected chi connectivity index (χ0v) is 27.0. The van der Waals surface area contributed by atoms with Crippen molar-refractivity contribution in [2.24, 2.45) is 0 Å². The molecule has 0 N–H and O–H groups in total. The van der Waals surface area contributed by atoms with Gasteiger partial charge in [0.05, 0.1) is 76.6 Å². The predicted molar refractivity (Wildman–Crippen MR) is 146 cm³/mol. The minimum Gasteiger partial charge on any atom is -1.00 e. The van der Waals surface area contributed by atoms with Crippen LogP contribution in [0.5, 0.6) is 0 Å². The lowest BCUT2D eigenvalue weighted by Crippen LogP contribution is -3.00. The molecule has 4 rings (SSSR count). The number of fused-ring (bicyclic) bond motifs is 2. The van der Waals surface area contributed by atoms with Crippen LogP contribution >= 0.6 is 0 Å². The van der Waals surface area contributed by atoms with E-state index in [1.54, 1.807) is 48.5 Å². The molecule has 10 heteroatoms. The molecule has 0 unspecified atom stereocenters. The van der Waals surface area contributed by atoms with E-state index in [-0.39, 0.29) is 57.6 Å². The normalized spacial score (nSPS) is 14.7. The van der Waals surface area contributed by atoms with Crippen LogP contribution < -0.4 is 34.0 Å². The van der Waals surface area contributed by atoms with E-state index >= 15 is 0 Å². The number of hydrogen-bond acceptors (Lipinski definition) is 4. The van der Waals surface area contributed by atoms with Crippen molar-refractivity contribution in [2.45, 2.75) is 25.7 Å². The Kier molecular flexibility index (Phi) is 11.8. The lowest BCUT2D eigenvalue weighted by molar-refractivity contribution is -0.897. The number of rotatable bonds is 13. The summed E-state index contributed by atoms with van der Waals surface area (Å²) in [7, 11) is 8.80. The van der Waals surface area contributed by atoms with Gasteiger partial charge in [-0.3, -0.25) is 29.0 Å². The largest absolute Gasteiger partial charge is 1.00 e. The third kappa shape index (κ3) is 7.66. The highest BCUT2D eigenvalue weighted by molar-refractivity contribution is 6.22. The number of quaternary nitrogens is 2. The Morgan fingerprint density at radius 2 is 0.725 bits per heavy atom. The Morgan fingerprint density at radius 3 is 1.00 bits per heavy atom.